The van der Waals surface area contributed by atoms with Crippen LogP contribution in [0.1, 0.15) is 22.7 Å². The predicted molar refractivity (Wildman–Crippen MR) is 101 cm³/mol. The number of carbonyl (C=O) groups is 1. The smallest absolute Gasteiger partial charge is 0.229 e. The number of rotatable bonds is 3. The molecule has 5 nitrogen and oxygen atoms in total. The highest BCUT2D eigenvalue weighted by Gasteiger charge is 2.37. The van der Waals surface area contributed by atoms with Gasteiger partial charge < -0.3 is 9.64 Å². The van der Waals surface area contributed by atoms with Gasteiger partial charge in [0, 0.05) is 25.2 Å². The van der Waals surface area contributed by atoms with Crippen molar-refractivity contribution < 1.29 is 13.9 Å². The van der Waals surface area contributed by atoms with Crippen LogP contribution in [0.4, 0.5) is 4.39 Å². The Hall–Kier alpha value is -2.44. The fourth-order valence-corrected chi connectivity index (χ4v) is 4.03. The van der Waals surface area contributed by atoms with Gasteiger partial charge in [-0.15, -0.1) is 0 Å². The first kappa shape index (κ1) is 17.9. The van der Waals surface area contributed by atoms with Gasteiger partial charge in [0.15, 0.2) is 0 Å². The summed E-state index contributed by atoms with van der Waals surface area (Å²) in [5.74, 6) is 0.308. The van der Waals surface area contributed by atoms with Crippen LogP contribution in [-0.4, -0.2) is 37.6 Å². The zero-order valence-electron chi connectivity index (χ0n) is 15.4. The molecule has 2 unspecified atom stereocenters. The topological polar surface area (TPSA) is 53.6 Å². The van der Waals surface area contributed by atoms with Crippen molar-refractivity contribution >= 4 is 5.91 Å². The molecule has 2 aliphatic heterocycles. The third-order valence-electron chi connectivity index (χ3n) is 5.57. The number of methoxy groups -OCH3 is 1. The zero-order valence-corrected chi connectivity index (χ0v) is 15.4. The standard InChI is InChI=1S/C21H24FN3O2/c1-27-16-7-6-14-8-10-25(11-9-15(14)12-16)21(26)18-13-23-24-20(18)17-4-2-3-5-19(17)22/h2-7,12,18,20,23-24H,8-11,13H2,1H3. The van der Waals surface area contributed by atoms with Gasteiger partial charge in [-0.05, 0) is 42.2 Å². The first-order valence-electron chi connectivity index (χ1n) is 9.35. The van der Waals surface area contributed by atoms with E-state index in [0.29, 0.717) is 25.2 Å². The number of hydrogen-bond donors (Lipinski definition) is 2. The molecule has 0 spiro atoms. The highest BCUT2D eigenvalue weighted by atomic mass is 19.1. The number of halogens is 1. The van der Waals surface area contributed by atoms with E-state index in [1.807, 2.05) is 11.0 Å². The minimum Gasteiger partial charge on any atom is -0.497 e. The van der Waals surface area contributed by atoms with Gasteiger partial charge in [-0.25, -0.2) is 9.82 Å². The molecule has 1 fully saturated rings. The number of hydrazine groups is 1. The van der Waals surface area contributed by atoms with Crippen LogP contribution < -0.4 is 15.6 Å². The Morgan fingerprint density at radius 1 is 1.15 bits per heavy atom. The van der Waals surface area contributed by atoms with Crippen molar-refractivity contribution in [3.8, 4) is 5.75 Å². The molecule has 2 aromatic carbocycles. The van der Waals surface area contributed by atoms with E-state index >= 15 is 0 Å². The van der Waals surface area contributed by atoms with Crippen LogP contribution >= 0.6 is 0 Å². The van der Waals surface area contributed by atoms with E-state index in [2.05, 4.69) is 23.0 Å². The lowest BCUT2D eigenvalue weighted by molar-refractivity contribution is -0.135. The molecule has 27 heavy (non-hydrogen) atoms. The molecule has 0 bridgehead atoms. The van der Waals surface area contributed by atoms with Crippen molar-refractivity contribution in [2.45, 2.75) is 18.9 Å². The molecule has 142 valence electrons. The normalized spacial score (nSPS) is 22.2. The summed E-state index contributed by atoms with van der Waals surface area (Å²) in [4.78, 5) is 15.1. The summed E-state index contributed by atoms with van der Waals surface area (Å²) in [7, 11) is 1.66. The predicted octanol–water partition coefficient (Wildman–Crippen LogP) is 2.23. The number of nitrogens with one attached hydrogen (secondary N) is 2. The van der Waals surface area contributed by atoms with Gasteiger partial charge >= 0.3 is 0 Å². The first-order valence-corrected chi connectivity index (χ1v) is 9.35. The number of carbonyl (C=O) groups excluding carboxylic acids is 1. The summed E-state index contributed by atoms with van der Waals surface area (Å²) < 4.78 is 19.5. The Morgan fingerprint density at radius 2 is 1.93 bits per heavy atom. The summed E-state index contributed by atoms with van der Waals surface area (Å²) >= 11 is 0. The quantitative estimate of drug-likeness (QED) is 0.871. The van der Waals surface area contributed by atoms with Gasteiger partial charge in [-0.2, -0.15) is 0 Å². The summed E-state index contributed by atoms with van der Waals surface area (Å²) in [6.45, 7) is 1.84. The molecule has 0 saturated carbocycles. The van der Waals surface area contributed by atoms with Crippen molar-refractivity contribution in [1.29, 1.82) is 0 Å². The maximum Gasteiger partial charge on any atom is 0.229 e. The molecule has 0 radical (unpaired) electrons. The van der Waals surface area contributed by atoms with Crippen molar-refractivity contribution in [2.75, 3.05) is 26.7 Å². The Morgan fingerprint density at radius 3 is 2.70 bits per heavy atom. The molecule has 2 atom stereocenters. The second-order valence-corrected chi connectivity index (χ2v) is 7.09. The van der Waals surface area contributed by atoms with E-state index < -0.39 is 0 Å². The van der Waals surface area contributed by atoms with E-state index in [0.717, 1.165) is 18.6 Å². The van der Waals surface area contributed by atoms with Gasteiger partial charge in [-0.1, -0.05) is 24.3 Å². The second kappa shape index (κ2) is 7.66. The molecule has 2 aliphatic rings. The summed E-state index contributed by atoms with van der Waals surface area (Å²) in [6, 6.07) is 12.4. The van der Waals surface area contributed by atoms with Crippen molar-refractivity contribution in [2.24, 2.45) is 5.92 Å². The van der Waals surface area contributed by atoms with Crippen LogP contribution in [0.25, 0.3) is 0 Å². The molecular formula is C21H24FN3O2. The number of nitrogens with zero attached hydrogens (tertiary/aromatic N) is 1. The summed E-state index contributed by atoms with van der Waals surface area (Å²) in [6.07, 6.45) is 1.62. The van der Waals surface area contributed by atoms with E-state index in [4.69, 9.17) is 4.74 Å². The Labute approximate surface area is 158 Å². The molecule has 2 aromatic rings. The van der Waals surface area contributed by atoms with E-state index in [1.165, 1.54) is 17.2 Å². The van der Waals surface area contributed by atoms with Crippen LogP contribution in [0.15, 0.2) is 42.5 Å². The van der Waals surface area contributed by atoms with Crippen LogP contribution in [0, 0.1) is 11.7 Å². The largest absolute Gasteiger partial charge is 0.497 e. The van der Waals surface area contributed by atoms with Gasteiger partial charge in [0.1, 0.15) is 11.6 Å². The van der Waals surface area contributed by atoms with Crippen LogP contribution in [0.2, 0.25) is 0 Å². The van der Waals surface area contributed by atoms with Crippen molar-refractivity contribution in [1.82, 2.24) is 15.8 Å². The van der Waals surface area contributed by atoms with Crippen LogP contribution in [0.3, 0.4) is 0 Å². The lowest BCUT2D eigenvalue weighted by Gasteiger charge is -2.26. The summed E-state index contributed by atoms with van der Waals surface area (Å²) in [5.41, 5.74) is 9.14. The third-order valence-corrected chi connectivity index (χ3v) is 5.57. The first-order chi connectivity index (χ1) is 13.2. The second-order valence-electron chi connectivity index (χ2n) is 7.09. The molecule has 2 N–H and O–H groups in total. The van der Waals surface area contributed by atoms with Gasteiger partial charge in [0.25, 0.3) is 0 Å². The minimum atomic E-state index is -0.357. The number of fused-ring (bicyclic) bond motifs is 1. The van der Waals surface area contributed by atoms with E-state index in [1.54, 1.807) is 25.3 Å². The fraction of sp³-hybridized carbons (Fsp3) is 0.381. The molecule has 2 heterocycles. The summed E-state index contributed by atoms with van der Waals surface area (Å²) in [5, 5.41) is 0. The van der Waals surface area contributed by atoms with Crippen molar-refractivity contribution in [3.05, 3.63) is 65.0 Å². The molecule has 1 amide bonds. The Kier molecular flexibility index (Phi) is 5.09. The van der Waals surface area contributed by atoms with E-state index in [9.17, 15) is 9.18 Å². The Bertz CT molecular complexity index is 842. The van der Waals surface area contributed by atoms with Crippen molar-refractivity contribution in [3.63, 3.8) is 0 Å². The SMILES string of the molecule is COc1ccc2c(c1)CCN(C(=O)C1CNNC1c1ccccc1F)CC2. The Balaban J connectivity index is 1.50. The molecule has 0 aromatic heterocycles. The van der Waals surface area contributed by atoms with Crippen LogP contribution in [0.5, 0.6) is 5.75 Å². The fourth-order valence-electron chi connectivity index (χ4n) is 4.03. The average molecular weight is 369 g/mol. The molecule has 0 aliphatic carbocycles. The maximum absolute atomic E-state index is 14.2. The zero-order chi connectivity index (χ0) is 18.8. The lowest BCUT2D eigenvalue weighted by Crippen LogP contribution is -2.40. The van der Waals surface area contributed by atoms with E-state index in [-0.39, 0.29) is 23.7 Å². The lowest BCUT2D eigenvalue weighted by atomic mass is 9.93. The average Bonchev–Trinajstić information content (AvgIpc) is 3.08. The number of ether oxygens (including phenoxy) is 1. The molecule has 6 heteroatoms. The van der Waals surface area contributed by atoms with Gasteiger partial charge in [-0.3, -0.25) is 10.2 Å². The van der Waals surface area contributed by atoms with Gasteiger partial charge in [0.05, 0.1) is 19.1 Å². The molecule has 1 saturated heterocycles. The maximum atomic E-state index is 14.2. The minimum absolute atomic E-state index is 0.0699. The number of benzene rings is 2. The molecule has 4 rings (SSSR count). The molecular weight excluding hydrogens is 345 g/mol. The number of amides is 1. The van der Waals surface area contributed by atoms with Gasteiger partial charge in [0.2, 0.25) is 5.91 Å². The number of hydrogen-bond acceptors (Lipinski definition) is 4. The van der Waals surface area contributed by atoms with Crippen LogP contribution in [-0.2, 0) is 17.6 Å². The monoisotopic (exact) mass is 369 g/mol. The highest BCUT2D eigenvalue weighted by molar-refractivity contribution is 5.80. The third kappa shape index (κ3) is 3.55. The highest BCUT2D eigenvalue weighted by Crippen LogP contribution is 2.29.